The summed E-state index contributed by atoms with van der Waals surface area (Å²) >= 11 is 0. The van der Waals surface area contributed by atoms with E-state index in [1.165, 1.54) is 6.07 Å². The Balaban J connectivity index is 2.86. The maximum absolute atomic E-state index is 11.4. The number of hydrogen-bond acceptors (Lipinski definition) is 4. The van der Waals surface area contributed by atoms with Crippen molar-refractivity contribution in [3.8, 4) is 0 Å². The zero-order chi connectivity index (χ0) is 12.8. The number of carbonyl (C=O) groups is 2. The minimum Gasteiger partial charge on any atom is -0.462 e. The van der Waals surface area contributed by atoms with Gasteiger partial charge in [-0.2, -0.15) is 0 Å². The Labute approximate surface area is 99.9 Å². The average molecular weight is 236 g/mol. The van der Waals surface area contributed by atoms with E-state index >= 15 is 0 Å². The summed E-state index contributed by atoms with van der Waals surface area (Å²) < 4.78 is 4.84. The molecule has 17 heavy (non-hydrogen) atoms. The highest BCUT2D eigenvalue weighted by molar-refractivity contribution is 5.96. The van der Waals surface area contributed by atoms with Crippen molar-refractivity contribution in [2.24, 2.45) is 0 Å². The molecule has 0 aliphatic carbocycles. The Bertz CT molecular complexity index is 430. The lowest BCUT2D eigenvalue weighted by Crippen LogP contribution is -2.12. The molecule has 0 fully saturated rings. The van der Waals surface area contributed by atoms with Gasteiger partial charge in [0.2, 0.25) is 5.91 Å². The van der Waals surface area contributed by atoms with Gasteiger partial charge in [0.05, 0.1) is 23.5 Å². The van der Waals surface area contributed by atoms with E-state index in [4.69, 9.17) is 10.5 Å². The van der Waals surface area contributed by atoms with Crippen LogP contribution in [0.1, 0.15) is 30.6 Å². The number of esters is 1. The molecule has 5 heteroatoms. The second kappa shape index (κ2) is 5.89. The lowest BCUT2D eigenvalue weighted by atomic mass is 10.1. The maximum Gasteiger partial charge on any atom is 0.338 e. The molecule has 1 aromatic carbocycles. The fraction of sp³-hybridized carbons (Fsp3) is 0.333. The Morgan fingerprint density at radius 1 is 1.35 bits per heavy atom. The number of anilines is 2. The molecular weight excluding hydrogens is 220 g/mol. The van der Waals surface area contributed by atoms with Crippen LogP contribution in [0.3, 0.4) is 0 Å². The van der Waals surface area contributed by atoms with Crippen LogP contribution in [-0.4, -0.2) is 18.5 Å². The van der Waals surface area contributed by atoms with Gasteiger partial charge >= 0.3 is 5.97 Å². The summed E-state index contributed by atoms with van der Waals surface area (Å²) in [5.41, 5.74) is 6.96. The van der Waals surface area contributed by atoms with E-state index in [-0.39, 0.29) is 5.91 Å². The van der Waals surface area contributed by atoms with Gasteiger partial charge in [0, 0.05) is 6.42 Å². The molecule has 0 spiro atoms. The molecule has 0 aliphatic heterocycles. The van der Waals surface area contributed by atoms with Crippen molar-refractivity contribution in [2.45, 2.75) is 20.3 Å². The zero-order valence-electron chi connectivity index (χ0n) is 9.95. The van der Waals surface area contributed by atoms with E-state index in [1.54, 1.807) is 26.0 Å². The summed E-state index contributed by atoms with van der Waals surface area (Å²) in [6.07, 6.45) is 0.374. The third-order valence-corrected chi connectivity index (χ3v) is 2.16. The number of nitrogen functional groups attached to an aromatic ring is 1. The summed E-state index contributed by atoms with van der Waals surface area (Å²) in [6.45, 7) is 3.79. The first kappa shape index (κ1) is 13.0. The molecule has 92 valence electrons. The quantitative estimate of drug-likeness (QED) is 0.617. The fourth-order valence-electron chi connectivity index (χ4n) is 1.26. The highest BCUT2D eigenvalue weighted by Crippen LogP contribution is 2.20. The van der Waals surface area contributed by atoms with Gasteiger partial charge in [-0.25, -0.2) is 4.79 Å². The summed E-state index contributed by atoms with van der Waals surface area (Å²) in [4.78, 5) is 22.6. The van der Waals surface area contributed by atoms with Gasteiger partial charge in [-0.05, 0) is 25.1 Å². The van der Waals surface area contributed by atoms with Crippen molar-refractivity contribution in [3.05, 3.63) is 23.8 Å². The van der Waals surface area contributed by atoms with Crippen LogP contribution in [-0.2, 0) is 9.53 Å². The predicted octanol–water partition coefficient (Wildman–Crippen LogP) is 1.79. The van der Waals surface area contributed by atoms with E-state index < -0.39 is 5.97 Å². The highest BCUT2D eigenvalue weighted by atomic mass is 16.5. The Hall–Kier alpha value is -2.04. The lowest BCUT2D eigenvalue weighted by molar-refractivity contribution is -0.115. The van der Waals surface area contributed by atoms with Gasteiger partial charge in [0.15, 0.2) is 0 Å². The molecule has 3 N–H and O–H groups in total. The molecule has 1 amide bonds. The number of hydrogen-bond donors (Lipinski definition) is 2. The standard InChI is InChI=1S/C12H16N2O3/c1-3-11(15)14-10-6-5-8(7-9(10)13)12(16)17-4-2/h5-7H,3-4,13H2,1-2H3,(H,14,15). The molecule has 5 nitrogen and oxygen atoms in total. The highest BCUT2D eigenvalue weighted by Gasteiger charge is 2.09. The van der Waals surface area contributed by atoms with E-state index in [0.29, 0.717) is 30.0 Å². The van der Waals surface area contributed by atoms with Gasteiger partial charge in [-0.1, -0.05) is 6.92 Å². The number of nitrogens with two attached hydrogens (primary N) is 1. The molecule has 1 aromatic rings. The molecule has 1 rings (SSSR count). The molecular formula is C12H16N2O3. The molecule has 0 radical (unpaired) electrons. The minimum absolute atomic E-state index is 0.124. The molecule has 0 unspecified atom stereocenters. The lowest BCUT2D eigenvalue weighted by Gasteiger charge is -2.08. The third-order valence-electron chi connectivity index (χ3n) is 2.16. The van der Waals surface area contributed by atoms with Crippen molar-refractivity contribution >= 4 is 23.3 Å². The van der Waals surface area contributed by atoms with Crippen molar-refractivity contribution in [1.82, 2.24) is 0 Å². The largest absolute Gasteiger partial charge is 0.462 e. The number of rotatable bonds is 4. The first-order valence-electron chi connectivity index (χ1n) is 5.45. The Kier molecular flexibility index (Phi) is 4.51. The first-order chi connectivity index (χ1) is 8.08. The summed E-state index contributed by atoms with van der Waals surface area (Å²) in [6, 6.07) is 4.65. The molecule has 0 saturated carbocycles. The molecule has 0 heterocycles. The van der Waals surface area contributed by atoms with Crippen molar-refractivity contribution in [1.29, 1.82) is 0 Å². The number of carbonyl (C=O) groups excluding carboxylic acids is 2. The molecule has 0 aliphatic rings. The molecule has 0 bridgehead atoms. The van der Waals surface area contributed by atoms with Crippen LogP contribution in [0.5, 0.6) is 0 Å². The fourth-order valence-corrected chi connectivity index (χ4v) is 1.26. The number of ether oxygens (including phenoxy) is 1. The monoisotopic (exact) mass is 236 g/mol. The van der Waals surface area contributed by atoms with Gasteiger partial charge in [0.1, 0.15) is 0 Å². The van der Waals surface area contributed by atoms with Crippen LogP contribution in [0.25, 0.3) is 0 Å². The van der Waals surface area contributed by atoms with Crippen molar-refractivity contribution < 1.29 is 14.3 Å². The zero-order valence-corrected chi connectivity index (χ0v) is 9.95. The Morgan fingerprint density at radius 2 is 2.06 bits per heavy atom. The van der Waals surface area contributed by atoms with Crippen molar-refractivity contribution in [3.63, 3.8) is 0 Å². The minimum atomic E-state index is -0.424. The van der Waals surface area contributed by atoms with Crippen LogP contribution < -0.4 is 11.1 Å². The number of nitrogens with one attached hydrogen (secondary N) is 1. The average Bonchev–Trinajstić information content (AvgIpc) is 2.31. The van der Waals surface area contributed by atoms with Gasteiger partial charge < -0.3 is 15.8 Å². The van der Waals surface area contributed by atoms with Gasteiger partial charge in [-0.15, -0.1) is 0 Å². The normalized spacial score (nSPS) is 9.76. The second-order valence-electron chi connectivity index (χ2n) is 3.42. The topological polar surface area (TPSA) is 81.4 Å². The van der Waals surface area contributed by atoms with E-state index in [2.05, 4.69) is 5.32 Å². The molecule has 0 saturated heterocycles. The van der Waals surface area contributed by atoms with Gasteiger partial charge in [0.25, 0.3) is 0 Å². The van der Waals surface area contributed by atoms with Crippen molar-refractivity contribution in [2.75, 3.05) is 17.7 Å². The molecule has 0 atom stereocenters. The van der Waals surface area contributed by atoms with E-state index in [1.807, 2.05) is 0 Å². The van der Waals surface area contributed by atoms with E-state index in [0.717, 1.165) is 0 Å². The van der Waals surface area contributed by atoms with Crippen LogP contribution in [0.4, 0.5) is 11.4 Å². The smallest absolute Gasteiger partial charge is 0.338 e. The predicted molar refractivity (Wildman–Crippen MR) is 65.7 cm³/mol. The Morgan fingerprint density at radius 3 is 2.59 bits per heavy atom. The van der Waals surface area contributed by atoms with Gasteiger partial charge in [-0.3, -0.25) is 4.79 Å². The second-order valence-corrected chi connectivity index (χ2v) is 3.42. The number of amides is 1. The van der Waals surface area contributed by atoms with Crippen LogP contribution >= 0.6 is 0 Å². The summed E-state index contributed by atoms with van der Waals surface area (Å²) in [5.74, 6) is -0.548. The number of benzene rings is 1. The van der Waals surface area contributed by atoms with Crippen LogP contribution in [0.2, 0.25) is 0 Å². The van der Waals surface area contributed by atoms with E-state index in [9.17, 15) is 9.59 Å². The first-order valence-corrected chi connectivity index (χ1v) is 5.45. The van der Waals surface area contributed by atoms with Crippen LogP contribution in [0, 0.1) is 0 Å². The third kappa shape index (κ3) is 3.48. The van der Waals surface area contributed by atoms with Crippen LogP contribution in [0.15, 0.2) is 18.2 Å². The summed E-state index contributed by atoms with van der Waals surface area (Å²) in [7, 11) is 0. The maximum atomic E-state index is 11.4. The summed E-state index contributed by atoms with van der Waals surface area (Å²) in [5, 5.41) is 2.64. The molecule has 0 aromatic heterocycles. The SMILES string of the molecule is CCOC(=O)c1ccc(NC(=O)CC)c(N)c1.